The summed E-state index contributed by atoms with van der Waals surface area (Å²) in [4.78, 5) is 0. The molecule has 0 saturated heterocycles. The molecule has 1 unspecified atom stereocenters. The van der Waals surface area contributed by atoms with Crippen LogP contribution < -0.4 is 5.32 Å². The Morgan fingerprint density at radius 2 is 2.50 bits per heavy atom. The van der Waals surface area contributed by atoms with Crippen LogP contribution in [-0.2, 0) is 0 Å². The van der Waals surface area contributed by atoms with Crippen molar-refractivity contribution in [2.75, 3.05) is 13.1 Å². The number of hydrogen-bond acceptors (Lipinski definition) is 1. The van der Waals surface area contributed by atoms with Crippen molar-refractivity contribution >= 4 is 0 Å². The van der Waals surface area contributed by atoms with Crippen LogP contribution in [0, 0.1) is 5.92 Å². The summed E-state index contributed by atoms with van der Waals surface area (Å²) in [5, 5.41) is 3.34. The molecule has 0 spiro atoms. The molecule has 1 heteroatoms. The van der Waals surface area contributed by atoms with Gasteiger partial charge >= 0.3 is 0 Å². The zero-order chi connectivity index (χ0) is 7.23. The van der Waals surface area contributed by atoms with E-state index in [4.69, 9.17) is 0 Å². The van der Waals surface area contributed by atoms with Crippen LogP contribution in [0.1, 0.15) is 26.2 Å². The smallest absolute Gasteiger partial charge is 0.00434 e. The quantitative estimate of drug-likeness (QED) is 0.463. The minimum atomic E-state index is 0.874. The predicted molar refractivity (Wildman–Crippen MR) is 45.0 cm³/mol. The van der Waals surface area contributed by atoms with Crippen molar-refractivity contribution in [2.45, 2.75) is 26.2 Å². The highest BCUT2D eigenvalue weighted by atomic mass is 14.8. The van der Waals surface area contributed by atoms with Crippen molar-refractivity contribution in [1.82, 2.24) is 5.32 Å². The van der Waals surface area contributed by atoms with E-state index in [2.05, 4.69) is 24.4 Å². The Balaban J connectivity index is 1.97. The minimum Gasteiger partial charge on any atom is -0.317 e. The van der Waals surface area contributed by atoms with Gasteiger partial charge in [-0.2, -0.15) is 0 Å². The van der Waals surface area contributed by atoms with Gasteiger partial charge in [-0.25, -0.2) is 0 Å². The van der Waals surface area contributed by atoms with Crippen LogP contribution in [0.4, 0.5) is 0 Å². The SMILES string of the molecule is CCNCCC1C=CCC1. The fourth-order valence-electron chi connectivity index (χ4n) is 1.40. The Morgan fingerprint density at radius 3 is 3.10 bits per heavy atom. The number of rotatable bonds is 4. The molecule has 0 heterocycles. The van der Waals surface area contributed by atoms with Crippen LogP contribution in [0.2, 0.25) is 0 Å². The molecule has 1 atom stereocenters. The van der Waals surface area contributed by atoms with E-state index in [1.54, 1.807) is 0 Å². The second-order valence-electron chi connectivity index (χ2n) is 2.91. The molecule has 58 valence electrons. The molecule has 0 aliphatic heterocycles. The van der Waals surface area contributed by atoms with E-state index in [-0.39, 0.29) is 0 Å². The molecule has 1 nitrogen and oxygen atoms in total. The predicted octanol–water partition coefficient (Wildman–Crippen LogP) is 1.95. The van der Waals surface area contributed by atoms with Gasteiger partial charge in [0, 0.05) is 0 Å². The van der Waals surface area contributed by atoms with E-state index in [9.17, 15) is 0 Å². The zero-order valence-corrected chi connectivity index (χ0v) is 6.77. The van der Waals surface area contributed by atoms with Crippen molar-refractivity contribution in [3.05, 3.63) is 12.2 Å². The zero-order valence-electron chi connectivity index (χ0n) is 6.77. The highest BCUT2D eigenvalue weighted by Crippen LogP contribution is 2.19. The average Bonchev–Trinajstić information content (AvgIpc) is 2.41. The second kappa shape index (κ2) is 4.51. The number of hydrogen-bond donors (Lipinski definition) is 1. The molecular weight excluding hydrogens is 122 g/mol. The van der Waals surface area contributed by atoms with E-state index in [1.807, 2.05) is 0 Å². The van der Waals surface area contributed by atoms with E-state index in [0.29, 0.717) is 0 Å². The monoisotopic (exact) mass is 139 g/mol. The maximum absolute atomic E-state index is 3.34. The fourth-order valence-corrected chi connectivity index (χ4v) is 1.40. The first-order chi connectivity index (χ1) is 4.93. The van der Waals surface area contributed by atoms with Crippen molar-refractivity contribution < 1.29 is 0 Å². The first kappa shape index (κ1) is 7.80. The van der Waals surface area contributed by atoms with Gasteiger partial charge in [-0.3, -0.25) is 0 Å². The van der Waals surface area contributed by atoms with Crippen LogP contribution >= 0.6 is 0 Å². The van der Waals surface area contributed by atoms with Crippen molar-refractivity contribution in [3.8, 4) is 0 Å². The van der Waals surface area contributed by atoms with Gasteiger partial charge in [0.05, 0.1) is 0 Å². The normalized spacial score (nSPS) is 23.9. The molecule has 10 heavy (non-hydrogen) atoms. The standard InChI is InChI=1S/C9H17N/c1-2-10-8-7-9-5-3-4-6-9/h3,5,9-10H,2,4,6-8H2,1H3. The molecule has 1 aliphatic carbocycles. The Hall–Kier alpha value is -0.300. The van der Waals surface area contributed by atoms with E-state index < -0.39 is 0 Å². The fraction of sp³-hybridized carbons (Fsp3) is 0.778. The Kier molecular flexibility index (Phi) is 3.52. The summed E-state index contributed by atoms with van der Waals surface area (Å²) in [6.45, 7) is 4.45. The minimum absolute atomic E-state index is 0.874. The summed E-state index contributed by atoms with van der Waals surface area (Å²) in [6.07, 6.45) is 8.67. The molecule has 1 rings (SSSR count). The summed E-state index contributed by atoms with van der Waals surface area (Å²) in [6, 6.07) is 0. The summed E-state index contributed by atoms with van der Waals surface area (Å²) in [7, 11) is 0. The highest BCUT2D eigenvalue weighted by Gasteiger charge is 2.06. The third-order valence-corrected chi connectivity index (χ3v) is 2.05. The lowest BCUT2D eigenvalue weighted by Gasteiger charge is -2.06. The maximum Gasteiger partial charge on any atom is -0.00434 e. The topological polar surface area (TPSA) is 12.0 Å². The molecular formula is C9H17N. The van der Waals surface area contributed by atoms with Crippen LogP contribution in [0.25, 0.3) is 0 Å². The molecule has 1 aliphatic rings. The molecule has 0 aromatic carbocycles. The van der Waals surface area contributed by atoms with Gasteiger partial charge in [0.25, 0.3) is 0 Å². The van der Waals surface area contributed by atoms with E-state index >= 15 is 0 Å². The molecule has 0 bridgehead atoms. The lowest BCUT2D eigenvalue weighted by Crippen LogP contribution is -2.16. The summed E-state index contributed by atoms with van der Waals surface area (Å²) < 4.78 is 0. The van der Waals surface area contributed by atoms with Crippen molar-refractivity contribution in [1.29, 1.82) is 0 Å². The van der Waals surface area contributed by atoms with Gasteiger partial charge in [0.15, 0.2) is 0 Å². The third kappa shape index (κ3) is 2.53. The molecule has 0 saturated carbocycles. The summed E-state index contributed by atoms with van der Waals surface area (Å²) in [5.41, 5.74) is 0. The van der Waals surface area contributed by atoms with Gasteiger partial charge in [-0.05, 0) is 38.3 Å². The lowest BCUT2D eigenvalue weighted by molar-refractivity contribution is 0.543. The average molecular weight is 139 g/mol. The first-order valence-corrected chi connectivity index (χ1v) is 4.31. The molecule has 0 fully saturated rings. The van der Waals surface area contributed by atoms with E-state index in [0.717, 1.165) is 12.5 Å². The maximum atomic E-state index is 3.34. The Morgan fingerprint density at radius 1 is 1.60 bits per heavy atom. The first-order valence-electron chi connectivity index (χ1n) is 4.31. The van der Waals surface area contributed by atoms with Gasteiger partial charge in [0.1, 0.15) is 0 Å². The summed E-state index contributed by atoms with van der Waals surface area (Å²) >= 11 is 0. The van der Waals surface area contributed by atoms with Crippen molar-refractivity contribution in [2.24, 2.45) is 5.92 Å². The molecule has 1 N–H and O–H groups in total. The van der Waals surface area contributed by atoms with Crippen LogP contribution in [0.15, 0.2) is 12.2 Å². The van der Waals surface area contributed by atoms with E-state index in [1.165, 1.54) is 25.8 Å². The Labute approximate surface area is 63.5 Å². The van der Waals surface area contributed by atoms with Crippen LogP contribution in [0.3, 0.4) is 0 Å². The van der Waals surface area contributed by atoms with Gasteiger partial charge in [0.2, 0.25) is 0 Å². The molecule has 0 amide bonds. The lowest BCUT2D eigenvalue weighted by atomic mass is 10.1. The van der Waals surface area contributed by atoms with Gasteiger partial charge in [-0.1, -0.05) is 19.1 Å². The van der Waals surface area contributed by atoms with Crippen LogP contribution in [-0.4, -0.2) is 13.1 Å². The van der Waals surface area contributed by atoms with Gasteiger partial charge in [-0.15, -0.1) is 0 Å². The highest BCUT2D eigenvalue weighted by molar-refractivity contribution is 4.95. The third-order valence-electron chi connectivity index (χ3n) is 2.05. The van der Waals surface area contributed by atoms with Crippen LogP contribution in [0.5, 0.6) is 0 Å². The molecule has 0 aromatic heterocycles. The van der Waals surface area contributed by atoms with Gasteiger partial charge < -0.3 is 5.32 Å². The van der Waals surface area contributed by atoms with Crippen molar-refractivity contribution in [3.63, 3.8) is 0 Å². The second-order valence-corrected chi connectivity index (χ2v) is 2.91. The number of nitrogens with one attached hydrogen (secondary N) is 1. The molecule has 0 aromatic rings. The number of allylic oxidation sites excluding steroid dienone is 2. The Bertz CT molecular complexity index is 107. The molecule has 0 radical (unpaired) electrons. The summed E-state index contributed by atoms with van der Waals surface area (Å²) in [5.74, 6) is 0.874. The largest absolute Gasteiger partial charge is 0.317 e.